The predicted molar refractivity (Wildman–Crippen MR) is 126 cm³/mol. The molecule has 1 saturated heterocycles. The molecule has 11 heteroatoms. The molecule has 33 heavy (non-hydrogen) atoms. The van der Waals surface area contributed by atoms with Crippen LogP contribution in [0.4, 0.5) is 11.5 Å². The van der Waals surface area contributed by atoms with Crippen molar-refractivity contribution in [2.75, 3.05) is 44.6 Å². The van der Waals surface area contributed by atoms with Crippen LogP contribution in [0.3, 0.4) is 0 Å². The fourth-order valence-corrected chi connectivity index (χ4v) is 5.42. The first-order valence-corrected chi connectivity index (χ1v) is 11.8. The van der Waals surface area contributed by atoms with Crippen LogP contribution in [0.1, 0.15) is 11.7 Å². The number of piperazine rings is 1. The van der Waals surface area contributed by atoms with Crippen LogP contribution >= 0.6 is 11.8 Å². The largest absolute Gasteiger partial charge is 0.337 e. The van der Waals surface area contributed by atoms with Gasteiger partial charge in [0.25, 0.3) is 0 Å². The van der Waals surface area contributed by atoms with E-state index in [9.17, 15) is 0 Å². The molecule has 2 aliphatic heterocycles. The number of imidazole rings is 1. The number of nitrogens with zero attached hydrogens (tertiary/aromatic N) is 8. The molecule has 0 saturated carbocycles. The zero-order valence-electron chi connectivity index (χ0n) is 18.0. The van der Waals surface area contributed by atoms with Gasteiger partial charge in [-0.15, -0.1) is 0 Å². The van der Waals surface area contributed by atoms with Gasteiger partial charge in [-0.2, -0.15) is 0 Å². The second-order valence-corrected chi connectivity index (χ2v) is 9.15. The Kier molecular flexibility index (Phi) is 5.38. The zero-order valence-corrected chi connectivity index (χ0v) is 18.8. The SMILES string of the molecule is NCCN1CCN(C(c2ccc3c(c2)Nc2nccnc2S3)n2cnc3cncnc32)CC1. The van der Waals surface area contributed by atoms with Gasteiger partial charge in [0.05, 0.1) is 18.2 Å². The summed E-state index contributed by atoms with van der Waals surface area (Å²) in [5.41, 5.74) is 9.61. The van der Waals surface area contributed by atoms with Crippen LogP contribution < -0.4 is 11.1 Å². The number of nitrogens with two attached hydrogens (primary N) is 1. The third-order valence-corrected chi connectivity index (χ3v) is 7.19. The van der Waals surface area contributed by atoms with Gasteiger partial charge >= 0.3 is 0 Å². The minimum atomic E-state index is -0.0368. The molecule has 0 bridgehead atoms. The Balaban J connectivity index is 1.39. The molecule has 168 valence electrons. The summed E-state index contributed by atoms with van der Waals surface area (Å²) in [6.45, 7) is 5.45. The van der Waals surface area contributed by atoms with Gasteiger partial charge in [0, 0.05) is 56.6 Å². The molecule has 5 heterocycles. The lowest BCUT2D eigenvalue weighted by Crippen LogP contribution is -2.50. The Morgan fingerprint density at radius 1 is 1.06 bits per heavy atom. The molecule has 4 aromatic rings. The molecule has 2 aliphatic rings. The van der Waals surface area contributed by atoms with Crippen LogP contribution in [0.2, 0.25) is 0 Å². The molecule has 0 spiro atoms. The third-order valence-electron chi connectivity index (χ3n) is 6.13. The summed E-state index contributed by atoms with van der Waals surface area (Å²) in [6.07, 6.45) is 8.61. The van der Waals surface area contributed by atoms with E-state index in [0.717, 1.165) is 65.3 Å². The van der Waals surface area contributed by atoms with E-state index in [-0.39, 0.29) is 6.17 Å². The van der Waals surface area contributed by atoms with Crippen molar-refractivity contribution in [3.05, 3.63) is 55.0 Å². The highest BCUT2D eigenvalue weighted by molar-refractivity contribution is 7.99. The maximum atomic E-state index is 5.78. The molecular weight excluding hydrogens is 436 g/mol. The summed E-state index contributed by atoms with van der Waals surface area (Å²) in [6, 6.07) is 6.56. The second-order valence-electron chi connectivity index (χ2n) is 8.12. The summed E-state index contributed by atoms with van der Waals surface area (Å²) < 4.78 is 2.15. The number of rotatable bonds is 5. The van der Waals surface area contributed by atoms with E-state index in [0.29, 0.717) is 6.54 Å². The number of hydrogen-bond acceptors (Lipinski definition) is 10. The highest BCUT2D eigenvalue weighted by Crippen LogP contribution is 2.43. The first-order valence-electron chi connectivity index (χ1n) is 11.0. The van der Waals surface area contributed by atoms with Crippen LogP contribution in [0.15, 0.2) is 59.4 Å². The Labute approximate surface area is 195 Å². The topological polar surface area (TPSA) is 114 Å². The smallest absolute Gasteiger partial charge is 0.164 e. The van der Waals surface area contributed by atoms with Crippen molar-refractivity contribution in [2.24, 2.45) is 5.73 Å². The fourth-order valence-electron chi connectivity index (χ4n) is 4.54. The maximum absolute atomic E-state index is 5.78. The summed E-state index contributed by atoms with van der Waals surface area (Å²) in [5, 5.41) is 4.35. The Hall–Kier alpha value is -3.12. The first kappa shape index (κ1) is 20.5. The second kappa shape index (κ2) is 8.67. The lowest BCUT2D eigenvalue weighted by Gasteiger charge is -2.40. The molecule has 0 amide bonds. The van der Waals surface area contributed by atoms with Crippen molar-refractivity contribution >= 4 is 34.4 Å². The number of nitrogens with one attached hydrogen (secondary N) is 1. The summed E-state index contributed by atoms with van der Waals surface area (Å²) >= 11 is 1.64. The van der Waals surface area contributed by atoms with Crippen molar-refractivity contribution in [3.63, 3.8) is 0 Å². The average molecular weight is 461 g/mol. The van der Waals surface area contributed by atoms with E-state index in [1.54, 1.807) is 36.7 Å². The molecule has 10 nitrogen and oxygen atoms in total. The molecule has 1 aromatic carbocycles. The van der Waals surface area contributed by atoms with Crippen LogP contribution in [0, 0.1) is 0 Å². The molecule has 1 unspecified atom stereocenters. The highest BCUT2D eigenvalue weighted by atomic mass is 32.2. The Morgan fingerprint density at radius 2 is 1.94 bits per heavy atom. The lowest BCUT2D eigenvalue weighted by atomic mass is 10.1. The number of benzene rings is 1. The van der Waals surface area contributed by atoms with Gasteiger partial charge in [-0.3, -0.25) is 14.4 Å². The van der Waals surface area contributed by atoms with E-state index in [1.807, 2.05) is 6.33 Å². The van der Waals surface area contributed by atoms with Gasteiger partial charge < -0.3 is 11.1 Å². The molecule has 1 fully saturated rings. The molecule has 3 aromatic heterocycles. The number of fused-ring (bicyclic) bond motifs is 3. The highest BCUT2D eigenvalue weighted by Gasteiger charge is 2.29. The molecule has 3 N–H and O–H groups in total. The van der Waals surface area contributed by atoms with Crippen LogP contribution in [-0.2, 0) is 0 Å². The normalized spacial score (nSPS) is 17.4. The summed E-state index contributed by atoms with van der Waals surface area (Å²) in [7, 11) is 0. The molecular formula is C22H24N10S. The average Bonchev–Trinajstić information content (AvgIpc) is 3.28. The molecule has 0 radical (unpaired) electrons. The van der Waals surface area contributed by atoms with Crippen molar-refractivity contribution in [1.82, 2.24) is 39.3 Å². The molecule has 6 rings (SSSR count). The van der Waals surface area contributed by atoms with E-state index in [2.05, 4.69) is 62.8 Å². The maximum Gasteiger partial charge on any atom is 0.164 e. The zero-order chi connectivity index (χ0) is 22.2. The summed E-state index contributed by atoms with van der Waals surface area (Å²) in [4.78, 5) is 28.2. The monoisotopic (exact) mass is 460 g/mol. The lowest BCUT2D eigenvalue weighted by molar-refractivity contribution is 0.0864. The van der Waals surface area contributed by atoms with Crippen LogP contribution in [0.25, 0.3) is 11.2 Å². The van der Waals surface area contributed by atoms with Gasteiger partial charge in [0.1, 0.15) is 23.0 Å². The minimum absolute atomic E-state index is 0.0368. The van der Waals surface area contributed by atoms with Crippen molar-refractivity contribution in [2.45, 2.75) is 16.1 Å². The van der Waals surface area contributed by atoms with Gasteiger partial charge in [-0.25, -0.2) is 24.9 Å². The first-order chi connectivity index (χ1) is 16.3. The molecule has 1 atom stereocenters. The van der Waals surface area contributed by atoms with Crippen LogP contribution in [-0.4, -0.2) is 78.6 Å². The quantitative estimate of drug-likeness (QED) is 0.403. The van der Waals surface area contributed by atoms with E-state index < -0.39 is 0 Å². The molecule has 0 aliphatic carbocycles. The van der Waals surface area contributed by atoms with Gasteiger partial charge in [-0.05, 0) is 17.7 Å². The van der Waals surface area contributed by atoms with Crippen molar-refractivity contribution in [3.8, 4) is 0 Å². The number of aromatic nitrogens is 6. The standard InChI is InChI=1S/C22H24N10S/c23-3-6-30-7-9-31(10-8-30)22(32-14-28-17-12-24-13-27-20(17)32)15-1-2-18-16(11-15)29-19-21(33-18)26-5-4-25-19/h1-2,4-5,11-14,22H,3,6-10,23H2,(H,25,29). The fraction of sp³-hybridized carbons (Fsp3) is 0.318. The van der Waals surface area contributed by atoms with Crippen molar-refractivity contribution < 1.29 is 0 Å². The Bertz CT molecular complexity index is 1280. The van der Waals surface area contributed by atoms with E-state index in [4.69, 9.17) is 5.73 Å². The number of hydrogen-bond donors (Lipinski definition) is 2. The third kappa shape index (κ3) is 3.82. The van der Waals surface area contributed by atoms with E-state index in [1.165, 1.54) is 5.56 Å². The number of anilines is 2. The Morgan fingerprint density at radius 3 is 2.82 bits per heavy atom. The van der Waals surface area contributed by atoms with Crippen molar-refractivity contribution in [1.29, 1.82) is 0 Å². The van der Waals surface area contributed by atoms with Crippen LogP contribution in [0.5, 0.6) is 0 Å². The minimum Gasteiger partial charge on any atom is -0.337 e. The predicted octanol–water partition coefficient (Wildman–Crippen LogP) is 1.95. The van der Waals surface area contributed by atoms with Gasteiger partial charge in [0.15, 0.2) is 11.5 Å². The van der Waals surface area contributed by atoms with Gasteiger partial charge in [0.2, 0.25) is 0 Å². The van der Waals surface area contributed by atoms with Gasteiger partial charge in [-0.1, -0.05) is 17.8 Å². The summed E-state index contributed by atoms with van der Waals surface area (Å²) in [5.74, 6) is 0.792. The van der Waals surface area contributed by atoms with E-state index >= 15 is 0 Å².